The summed E-state index contributed by atoms with van der Waals surface area (Å²) in [6.07, 6.45) is 7.76. The minimum Gasteiger partial charge on any atom is -0.397 e. The SMILES string of the molecule is CCCCCCCCNc1ccc(-c2nnn(C)n2)cc1N. The molecule has 0 aliphatic carbocycles. The molecule has 6 heteroatoms. The first-order valence-corrected chi connectivity index (χ1v) is 8.08. The molecule has 0 radical (unpaired) electrons. The van der Waals surface area contributed by atoms with Crippen molar-refractivity contribution in [3.8, 4) is 11.4 Å². The zero-order chi connectivity index (χ0) is 15.8. The lowest BCUT2D eigenvalue weighted by molar-refractivity contribution is 0.617. The fraction of sp³-hybridized carbons (Fsp3) is 0.562. The highest BCUT2D eigenvalue weighted by molar-refractivity contribution is 5.73. The molecule has 2 rings (SSSR count). The van der Waals surface area contributed by atoms with Crippen molar-refractivity contribution in [3.05, 3.63) is 18.2 Å². The second-order valence-corrected chi connectivity index (χ2v) is 5.60. The van der Waals surface area contributed by atoms with E-state index in [4.69, 9.17) is 5.73 Å². The van der Waals surface area contributed by atoms with Crippen LogP contribution in [0.2, 0.25) is 0 Å². The van der Waals surface area contributed by atoms with Crippen LogP contribution in [0.1, 0.15) is 45.4 Å². The molecule has 0 atom stereocenters. The van der Waals surface area contributed by atoms with Crippen molar-refractivity contribution < 1.29 is 0 Å². The molecule has 0 saturated carbocycles. The third-order valence-electron chi connectivity index (χ3n) is 3.66. The van der Waals surface area contributed by atoms with Gasteiger partial charge in [-0.05, 0) is 29.8 Å². The first-order chi connectivity index (χ1) is 10.7. The van der Waals surface area contributed by atoms with Crippen LogP contribution in [0.15, 0.2) is 18.2 Å². The molecule has 0 spiro atoms. The maximum atomic E-state index is 6.10. The Hall–Kier alpha value is -2.11. The highest BCUT2D eigenvalue weighted by atomic mass is 15.6. The minimum absolute atomic E-state index is 0.594. The molecule has 6 nitrogen and oxygen atoms in total. The molecule has 0 fully saturated rings. The number of aryl methyl sites for hydroxylation is 1. The Morgan fingerprint density at radius 1 is 1.14 bits per heavy atom. The monoisotopic (exact) mass is 302 g/mol. The number of anilines is 2. The predicted molar refractivity (Wildman–Crippen MR) is 90.5 cm³/mol. The second kappa shape index (κ2) is 8.36. The van der Waals surface area contributed by atoms with Gasteiger partial charge in [0, 0.05) is 12.1 Å². The second-order valence-electron chi connectivity index (χ2n) is 5.60. The fourth-order valence-electron chi connectivity index (χ4n) is 2.39. The van der Waals surface area contributed by atoms with Gasteiger partial charge >= 0.3 is 0 Å². The van der Waals surface area contributed by atoms with Gasteiger partial charge in [-0.2, -0.15) is 4.80 Å². The highest BCUT2D eigenvalue weighted by Crippen LogP contribution is 2.24. The van der Waals surface area contributed by atoms with E-state index in [0.29, 0.717) is 5.82 Å². The molecule has 120 valence electrons. The molecule has 0 bridgehead atoms. The lowest BCUT2D eigenvalue weighted by Gasteiger charge is -2.10. The van der Waals surface area contributed by atoms with Crippen molar-refractivity contribution in [2.24, 2.45) is 7.05 Å². The number of nitrogen functional groups attached to an aromatic ring is 1. The van der Waals surface area contributed by atoms with Crippen molar-refractivity contribution in [1.29, 1.82) is 0 Å². The van der Waals surface area contributed by atoms with Crippen molar-refractivity contribution in [2.75, 3.05) is 17.6 Å². The number of unbranched alkanes of at least 4 members (excludes halogenated alkanes) is 5. The summed E-state index contributed by atoms with van der Waals surface area (Å²) in [7, 11) is 1.75. The number of aromatic nitrogens is 4. The van der Waals surface area contributed by atoms with E-state index in [9.17, 15) is 0 Å². The van der Waals surface area contributed by atoms with Gasteiger partial charge in [0.25, 0.3) is 0 Å². The molecule has 1 aromatic carbocycles. The quantitative estimate of drug-likeness (QED) is 0.549. The average Bonchev–Trinajstić information content (AvgIpc) is 2.94. The van der Waals surface area contributed by atoms with Crippen LogP contribution in [0.25, 0.3) is 11.4 Å². The van der Waals surface area contributed by atoms with Crippen molar-refractivity contribution in [2.45, 2.75) is 45.4 Å². The van der Waals surface area contributed by atoms with E-state index >= 15 is 0 Å². The number of rotatable bonds is 9. The van der Waals surface area contributed by atoms with Crippen LogP contribution in [0.4, 0.5) is 11.4 Å². The number of nitrogens with one attached hydrogen (secondary N) is 1. The van der Waals surface area contributed by atoms with Gasteiger partial charge in [-0.25, -0.2) is 0 Å². The molecular weight excluding hydrogens is 276 g/mol. The zero-order valence-electron chi connectivity index (χ0n) is 13.5. The number of benzene rings is 1. The number of hydrogen-bond acceptors (Lipinski definition) is 5. The van der Waals surface area contributed by atoms with Crippen LogP contribution in [0.5, 0.6) is 0 Å². The van der Waals surface area contributed by atoms with Crippen LogP contribution >= 0.6 is 0 Å². The topological polar surface area (TPSA) is 81.7 Å². The Kier molecular flexibility index (Phi) is 6.18. The lowest BCUT2D eigenvalue weighted by atomic mass is 10.1. The van der Waals surface area contributed by atoms with Gasteiger partial charge in [-0.3, -0.25) is 0 Å². The molecular formula is C16H26N6. The Balaban J connectivity index is 1.80. The van der Waals surface area contributed by atoms with Gasteiger partial charge in [0.15, 0.2) is 0 Å². The Morgan fingerprint density at radius 3 is 2.59 bits per heavy atom. The van der Waals surface area contributed by atoms with Crippen molar-refractivity contribution in [1.82, 2.24) is 20.2 Å². The summed E-state index contributed by atoms with van der Waals surface area (Å²) >= 11 is 0. The molecule has 0 saturated heterocycles. The van der Waals surface area contributed by atoms with Crippen molar-refractivity contribution in [3.63, 3.8) is 0 Å². The Morgan fingerprint density at radius 2 is 1.91 bits per heavy atom. The zero-order valence-corrected chi connectivity index (χ0v) is 13.5. The van der Waals surface area contributed by atoms with Crippen LogP contribution in [0.3, 0.4) is 0 Å². The Bertz CT molecular complexity index is 578. The van der Waals surface area contributed by atoms with Crippen LogP contribution in [-0.4, -0.2) is 26.8 Å². The lowest BCUT2D eigenvalue weighted by Crippen LogP contribution is -2.04. The molecule has 3 N–H and O–H groups in total. The summed E-state index contributed by atoms with van der Waals surface area (Å²) in [6, 6.07) is 5.84. The third kappa shape index (κ3) is 4.72. The van der Waals surface area contributed by atoms with Crippen LogP contribution < -0.4 is 11.1 Å². The molecule has 0 aliphatic heterocycles. The van der Waals surface area contributed by atoms with E-state index in [1.54, 1.807) is 7.05 Å². The normalized spacial score (nSPS) is 10.8. The van der Waals surface area contributed by atoms with Gasteiger partial charge in [-0.15, -0.1) is 10.2 Å². The average molecular weight is 302 g/mol. The van der Waals surface area contributed by atoms with Gasteiger partial charge in [-0.1, -0.05) is 39.0 Å². The molecule has 2 aromatic rings. The van der Waals surface area contributed by atoms with Gasteiger partial charge in [0.1, 0.15) is 0 Å². The van der Waals surface area contributed by atoms with Crippen LogP contribution in [-0.2, 0) is 7.05 Å². The smallest absolute Gasteiger partial charge is 0.204 e. The highest BCUT2D eigenvalue weighted by Gasteiger charge is 2.07. The maximum Gasteiger partial charge on any atom is 0.204 e. The molecule has 1 heterocycles. The van der Waals surface area contributed by atoms with Gasteiger partial charge in [0.2, 0.25) is 5.82 Å². The minimum atomic E-state index is 0.594. The first-order valence-electron chi connectivity index (χ1n) is 8.08. The van der Waals surface area contributed by atoms with Gasteiger partial charge in [0.05, 0.1) is 18.4 Å². The first kappa shape index (κ1) is 16.3. The van der Waals surface area contributed by atoms with E-state index in [-0.39, 0.29) is 0 Å². The molecule has 0 unspecified atom stereocenters. The Labute approximate surface area is 132 Å². The van der Waals surface area contributed by atoms with Gasteiger partial charge < -0.3 is 11.1 Å². The number of hydrogen-bond donors (Lipinski definition) is 2. The van der Waals surface area contributed by atoms with E-state index < -0.39 is 0 Å². The maximum absolute atomic E-state index is 6.10. The summed E-state index contributed by atoms with van der Waals surface area (Å²) in [5, 5.41) is 15.4. The van der Waals surface area contributed by atoms with E-state index in [1.165, 1.54) is 43.3 Å². The molecule has 22 heavy (non-hydrogen) atoms. The summed E-state index contributed by atoms with van der Waals surface area (Å²) in [5.41, 5.74) is 8.68. The predicted octanol–water partition coefficient (Wildman–Crippen LogP) is 3.23. The molecule has 0 amide bonds. The summed E-state index contributed by atoms with van der Waals surface area (Å²) < 4.78 is 0. The number of nitrogens with two attached hydrogens (primary N) is 1. The summed E-state index contributed by atoms with van der Waals surface area (Å²) in [5.74, 6) is 0.594. The van der Waals surface area contributed by atoms with E-state index in [2.05, 4.69) is 27.7 Å². The van der Waals surface area contributed by atoms with Crippen LogP contribution in [0, 0.1) is 0 Å². The number of nitrogens with zero attached hydrogens (tertiary/aromatic N) is 4. The number of tetrazole rings is 1. The fourth-order valence-corrected chi connectivity index (χ4v) is 2.39. The standard InChI is InChI=1S/C16H26N6/c1-3-4-5-6-7-8-11-18-15-10-9-13(12-14(15)17)16-19-21-22(2)20-16/h9-10,12,18H,3-8,11,17H2,1-2H3. The van der Waals surface area contributed by atoms with E-state index in [1.807, 2.05) is 18.2 Å². The summed E-state index contributed by atoms with van der Waals surface area (Å²) in [4.78, 5) is 1.44. The van der Waals surface area contributed by atoms with Crippen molar-refractivity contribution >= 4 is 11.4 Å². The molecule has 1 aromatic heterocycles. The summed E-state index contributed by atoms with van der Waals surface area (Å²) in [6.45, 7) is 3.20. The third-order valence-corrected chi connectivity index (χ3v) is 3.66. The molecule has 0 aliphatic rings. The largest absolute Gasteiger partial charge is 0.397 e. The van der Waals surface area contributed by atoms with E-state index in [0.717, 1.165) is 23.5 Å².